The Balaban J connectivity index is 1.62. The van der Waals surface area contributed by atoms with Gasteiger partial charge < -0.3 is 20.4 Å². The van der Waals surface area contributed by atoms with Crippen LogP contribution >= 0.6 is 0 Å². The lowest BCUT2D eigenvalue weighted by atomic mass is 10.0. The van der Waals surface area contributed by atoms with Crippen LogP contribution in [0.2, 0.25) is 0 Å². The summed E-state index contributed by atoms with van der Waals surface area (Å²) in [6.45, 7) is 4.70. The number of rotatable bonds is 7. The van der Waals surface area contributed by atoms with Gasteiger partial charge in [0.1, 0.15) is 6.04 Å². The molecule has 0 aliphatic carbocycles. The highest BCUT2D eigenvalue weighted by molar-refractivity contribution is 6.39. The fourth-order valence-corrected chi connectivity index (χ4v) is 3.97. The highest BCUT2D eigenvalue weighted by Crippen LogP contribution is 2.17. The van der Waals surface area contributed by atoms with E-state index in [-0.39, 0.29) is 6.04 Å². The Bertz CT molecular complexity index is 841. The molecule has 0 unspecified atom stereocenters. The zero-order valence-electron chi connectivity index (χ0n) is 18.2. The van der Waals surface area contributed by atoms with Crippen LogP contribution in [0.5, 0.6) is 0 Å². The number of carbonyl (C=O) groups is 2. The normalized spacial score (nSPS) is 14.9. The number of nitrogens with one attached hydrogen (secondary N) is 3. The van der Waals surface area contributed by atoms with Crippen LogP contribution in [0.3, 0.4) is 0 Å². The molecule has 6 heteroatoms. The number of hydrogen-bond donors (Lipinski definition) is 3. The summed E-state index contributed by atoms with van der Waals surface area (Å²) < 4.78 is 0. The molecule has 2 aromatic carbocycles. The molecule has 1 aliphatic heterocycles. The van der Waals surface area contributed by atoms with Crippen molar-refractivity contribution >= 4 is 23.2 Å². The summed E-state index contributed by atoms with van der Waals surface area (Å²) >= 11 is 0. The van der Waals surface area contributed by atoms with Gasteiger partial charge in [0, 0.05) is 43.9 Å². The molecule has 1 heterocycles. The minimum Gasteiger partial charge on any atom is -0.378 e. The van der Waals surface area contributed by atoms with E-state index in [0.29, 0.717) is 12.2 Å². The molecule has 160 valence electrons. The van der Waals surface area contributed by atoms with Gasteiger partial charge in [-0.2, -0.15) is 0 Å². The Morgan fingerprint density at radius 2 is 1.60 bits per heavy atom. The third-order valence-electron chi connectivity index (χ3n) is 5.84. The standard InChI is InChI=1S/C24H32N4O2/c1-4-18-7-11-20(12-8-18)26-24(30)23(29)25-17-22(28-15-5-6-16-28)19-9-13-21(14-10-19)27(2)3/h7-14,22H,4-6,15-17H2,1-3H3,(H,25,29)(H,26,30)/p+1/t22-/m1/s1. The number of amides is 2. The molecule has 2 amide bonds. The Labute approximate surface area is 179 Å². The Morgan fingerprint density at radius 3 is 2.17 bits per heavy atom. The van der Waals surface area contributed by atoms with Gasteiger partial charge in [0.2, 0.25) is 0 Å². The number of anilines is 2. The van der Waals surface area contributed by atoms with Crippen LogP contribution in [-0.2, 0) is 16.0 Å². The molecule has 1 atom stereocenters. The maximum Gasteiger partial charge on any atom is 0.313 e. The van der Waals surface area contributed by atoms with Crippen LogP contribution in [0.4, 0.5) is 11.4 Å². The first-order chi connectivity index (χ1) is 14.5. The number of benzene rings is 2. The summed E-state index contributed by atoms with van der Waals surface area (Å²) in [5.41, 5.74) is 4.15. The quantitative estimate of drug-likeness (QED) is 0.611. The van der Waals surface area contributed by atoms with E-state index in [1.165, 1.54) is 28.9 Å². The van der Waals surface area contributed by atoms with Crippen LogP contribution < -0.4 is 20.4 Å². The molecule has 0 radical (unpaired) electrons. The van der Waals surface area contributed by atoms with E-state index in [4.69, 9.17) is 0 Å². The number of carbonyl (C=O) groups excluding carboxylic acids is 2. The average molecular weight is 410 g/mol. The van der Waals surface area contributed by atoms with Crippen molar-refractivity contribution in [3.63, 3.8) is 0 Å². The lowest BCUT2D eigenvalue weighted by Crippen LogP contribution is -3.11. The van der Waals surface area contributed by atoms with Gasteiger partial charge in [0.15, 0.2) is 0 Å². The van der Waals surface area contributed by atoms with E-state index < -0.39 is 11.8 Å². The molecule has 0 aromatic heterocycles. The first-order valence-corrected chi connectivity index (χ1v) is 10.8. The highest BCUT2D eigenvalue weighted by Gasteiger charge is 2.28. The summed E-state index contributed by atoms with van der Waals surface area (Å²) in [4.78, 5) is 28.3. The largest absolute Gasteiger partial charge is 0.378 e. The topological polar surface area (TPSA) is 65.9 Å². The van der Waals surface area contributed by atoms with Crippen molar-refractivity contribution in [1.29, 1.82) is 0 Å². The van der Waals surface area contributed by atoms with Crippen molar-refractivity contribution in [2.24, 2.45) is 0 Å². The fourth-order valence-electron chi connectivity index (χ4n) is 3.97. The van der Waals surface area contributed by atoms with E-state index in [9.17, 15) is 9.59 Å². The number of hydrogen-bond acceptors (Lipinski definition) is 3. The van der Waals surface area contributed by atoms with E-state index in [2.05, 4.69) is 46.7 Å². The molecule has 1 aliphatic rings. The molecule has 30 heavy (non-hydrogen) atoms. The van der Waals surface area contributed by atoms with Crippen molar-refractivity contribution in [3.8, 4) is 0 Å². The van der Waals surface area contributed by atoms with Crippen molar-refractivity contribution in [2.45, 2.75) is 32.2 Å². The molecule has 0 spiro atoms. The molecule has 6 nitrogen and oxygen atoms in total. The summed E-state index contributed by atoms with van der Waals surface area (Å²) in [5, 5.41) is 5.54. The van der Waals surface area contributed by atoms with Gasteiger partial charge in [-0.1, -0.05) is 31.2 Å². The summed E-state index contributed by atoms with van der Waals surface area (Å²) in [6.07, 6.45) is 3.33. The molecule has 1 fully saturated rings. The second-order valence-electron chi connectivity index (χ2n) is 8.12. The fraction of sp³-hybridized carbons (Fsp3) is 0.417. The van der Waals surface area contributed by atoms with Crippen LogP contribution in [-0.4, -0.2) is 45.5 Å². The first-order valence-electron chi connectivity index (χ1n) is 10.8. The Kier molecular flexibility index (Phi) is 7.46. The highest BCUT2D eigenvalue weighted by atomic mass is 16.2. The molecular weight excluding hydrogens is 376 g/mol. The predicted octanol–water partition coefficient (Wildman–Crippen LogP) is 1.79. The predicted molar refractivity (Wildman–Crippen MR) is 121 cm³/mol. The monoisotopic (exact) mass is 409 g/mol. The van der Waals surface area contributed by atoms with E-state index in [1.807, 2.05) is 38.4 Å². The van der Waals surface area contributed by atoms with E-state index >= 15 is 0 Å². The number of nitrogens with zero attached hydrogens (tertiary/aromatic N) is 1. The lowest BCUT2D eigenvalue weighted by molar-refractivity contribution is -0.918. The minimum absolute atomic E-state index is 0.143. The lowest BCUT2D eigenvalue weighted by Gasteiger charge is -2.25. The van der Waals surface area contributed by atoms with Gasteiger partial charge in [0.05, 0.1) is 19.6 Å². The van der Waals surface area contributed by atoms with Crippen molar-refractivity contribution in [2.75, 3.05) is 43.9 Å². The maximum absolute atomic E-state index is 12.4. The number of aryl methyl sites for hydroxylation is 1. The Morgan fingerprint density at radius 1 is 0.967 bits per heavy atom. The zero-order valence-corrected chi connectivity index (χ0v) is 18.2. The van der Waals surface area contributed by atoms with Gasteiger partial charge in [-0.3, -0.25) is 9.59 Å². The SMILES string of the molecule is CCc1ccc(NC(=O)C(=O)NC[C@H](c2ccc(N(C)C)cc2)[NH+]2CCCC2)cc1. The van der Waals surface area contributed by atoms with Gasteiger partial charge in [0.25, 0.3) is 0 Å². The van der Waals surface area contributed by atoms with Gasteiger partial charge in [-0.05, 0) is 36.2 Å². The van der Waals surface area contributed by atoms with Gasteiger partial charge >= 0.3 is 11.8 Å². The number of likely N-dealkylation sites (tertiary alicyclic amines) is 1. The van der Waals surface area contributed by atoms with Crippen molar-refractivity contribution in [1.82, 2.24) is 5.32 Å². The van der Waals surface area contributed by atoms with Crippen molar-refractivity contribution < 1.29 is 14.5 Å². The summed E-state index contributed by atoms with van der Waals surface area (Å²) in [7, 11) is 4.04. The van der Waals surface area contributed by atoms with E-state index in [1.54, 1.807) is 0 Å². The minimum atomic E-state index is -0.627. The third-order valence-corrected chi connectivity index (χ3v) is 5.84. The third kappa shape index (κ3) is 5.60. The van der Waals surface area contributed by atoms with Crippen LogP contribution in [0.25, 0.3) is 0 Å². The Hall–Kier alpha value is -2.86. The molecule has 2 aromatic rings. The summed E-state index contributed by atoms with van der Waals surface area (Å²) in [6, 6.07) is 16.2. The molecule has 3 rings (SSSR count). The van der Waals surface area contributed by atoms with Crippen LogP contribution in [0.15, 0.2) is 48.5 Å². The molecule has 0 saturated carbocycles. The van der Waals surface area contributed by atoms with Gasteiger partial charge in [-0.25, -0.2) is 0 Å². The average Bonchev–Trinajstić information content (AvgIpc) is 3.29. The van der Waals surface area contributed by atoms with Crippen LogP contribution in [0, 0.1) is 0 Å². The molecular formula is C24H33N4O2+. The zero-order chi connectivity index (χ0) is 21.5. The molecule has 1 saturated heterocycles. The van der Waals surface area contributed by atoms with Crippen molar-refractivity contribution in [3.05, 3.63) is 59.7 Å². The van der Waals surface area contributed by atoms with E-state index in [0.717, 1.165) is 25.2 Å². The summed E-state index contributed by atoms with van der Waals surface area (Å²) in [5.74, 6) is -1.22. The second kappa shape index (κ2) is 10.3. The van der Waals surface area contributed by atoms with Gasteiger partial charge in [-0.15, -0.1) is 0 Å². The second-order valence-corrected chi connectivity index (χ2v) is 8.12. The molecule has 3 N–H and O–H groups in total. The number of quaternary nitrogens is 1. The first kappa shape index (κ1) is 21.8. The van der Waals surface area contributed by atoms with Crippen LogP contribution in [0.1, 0.15) is 36.9 Å². The smallest absolute Gasteiger partial charge is 0.313 e. The molecule has 0 bridgehead atoms. The maximum atomic E-state index is 12.4.